The number of ether oxygens (including phenoxy) is 2. The lowest BCUT2D eigenvalue weighted by molar-refractivity contribution is 0.0373. The molecule has 0 radical (unpaired) electrons. The minimum Gasteiger partial charge on any atom is -0.495 e. The summed E-state index contributed by atoms with van der Waals surface area (Å²) in [6.45, 7) is 5.73. The normalized spacial score (nSPS) is 18.6. The lowest BCUT2D eigenvalue weighted by Gasteiger charge is -2.37. The van der Waals surface area contributed by atoms with Gasteiger partial charge in [0.25, 0.3) is 5.91 Å². The van der Waals surface area contributed by atoms with Gasteiger partial charge in [0.05, 0.1) is 26.3 Å². The van der Waals surface area contributed by atoms with Crippen LogP contribution in [0.15, 0.2) is 65.7 Å². The Bertz CT molecular complexity index is 1430. The van der Waals surface area contributed by atoms with Gasteiger partial charge in [0.1, 0.15) is 22.3 Å². The van der Waals surface area contributed by atoms with E-state index < -0.39 is 22.2 Å². The zero-order valence-corrected chi connectivity index (χ0v) is 23.7. The Morgan fingerprint density at radius 3 is 2.54 bits per heavy atom. The second-order valence-electron chi connectivity index (χ2n) is 10.0. The molecular weight excluding hydrogens is 518 g/mol. The second kappa shape index (κ2) is 11.7. The van der Waals surface area contributed by atoms with Crippen molar-refractivity contribution in [2.45, 2.75) is 37.8 Å². The van der Waals surface area contributed by atoms with Crippen LogP contribution in [0.1, 0.15) is 29.8 Å². The minimum atomic E-state index is -3.91. The van der Waals surface area contributed by atoms with E-state index in [1.54, 1.807) is 42.3 Å². The summed E-state index contributed by atoms with van der Waals surface area (Å²) in [4.78, 5) is 19.9. The molecule has 0 spiro atoms. The molecule has 39 heavy (non-hydrogen) atoms. The first kappa shape index (κ1) is 28.5. The maximum Gasteiger partial charge on any atom is 0.259 e. The largest absolute Gasteiger partial charge is 0.495 e. The Morgan fingerprint density at radius 1 is 1.18 bits per heavy atom. The molecule has 2 heterocycles. The van der Waals surface area contributed by atoms with Gasteiger partial charge in [0, 0.05) is 31.3 Å². The molecule has 3 atom stereocenters. The van der Waals surface area contributed by atoms with Gasteiger partial charge in [-0.15, -0.1) is 0 Å². The number of aliphatic hydroxyl groups is 1. The van der Waals surface area contributed by atoms with Gasteiger partial charge in [-0.1, -0.05) is 48.9 Å². The maximum absolute atomic E-state index is 13.7. The molecule has 9 nitrogen and oxygen atoms in total. The maximum atomic E-state index is 13.7. The molecule has 3 aromatic rings. The predicted octanol–water partition coefficient (Wildman–Crippen LogP) is 3.61. The highest BCUT2D eigenvalue weighted by molar-refractivity contribution is 7.89. The number of sulfonamides is 1. The second-order valence-corrected chi connectivity index (χ2v) is 12.0. The molecule has 4 rings (SSSR count). The van der Waals surface area contributed by atoms with Crippen molar-refractivity contribution in [2.24, 2.45) is 5.92 Å². The fourth-order valence-electron chi connectivity index (χ4n) is 4.58. The Balaban J connectivity index is 1.71. The van der Waals surface area contributed by atoms with E-state index in [1.807, 2.05) is 38.1 Å². The van der Waals surface area contributed by atoms with Gasteiger partial charge in [0.2, 0.25) is 15.9 Å². The first-order valence-corrected chi connectivity index (χ1v) is 14.3. The lowest BCUT2D eigenvalue weighted by atomic mass is 9.99. The molecule has 0 aliphatic carbocycles. The van der Waals surface area contributed by atoms with Gasteiger partial charge in [-0.05, 0) is 37.6 Å². The van der Waals surface area contributed by atoms with Crippen LogP contribution in [0.3, 0.4) is 0 Å². The SMILES string of the molecule is COc1ccccc1S(=O)(=O)N(C)C[C@H]1Oc2ncc(-c3ccc(C)cc3)cc2C(=O)N([C@H](C)CO)C[C@@H]1C. The standard InChI is InChI=1S/C29H35N3O6S/c1-19-10-12-22(13-11-19)23-14-24-28(30-15-23)38-26(20(2)16-32(29(24)34)21(3)18-33)17-31(4)39(35,36)27-9-7-6-8-25(27)37-5/h6-15,20-21,26,33H,16-18H2,1-5H3/t20-,21+,26+/m0/s1. The molecule has 1 aliphatic heterocycles. The van der Waals surface area contributed by atoms with Gasteiger partial charge in [0.15, 0.2) is 0 Å². The molecule has 10 heteroatoms. The predicted molar refractivity (Wildman–Crippen MR) is 148 cm³/mol. The van der Waals surface area contributed by atoms with Gasteiger partial charge >= 0.3 is 0 Å². The highest BCUT2D eigenvalue weighted by atomic mass is 32.2. The summed E-state index contributed by atoms with van der Waals surface area (Å²) in [6.07, 6.45) is 1.02. The first-order valence-electron chi connectivity index (χ1n) is 12.8. The van der Waals surface area contributed by atoms with E-state index in [1.165, 1.54) is 24.5 Å². The number of methoxy groups -OCH3 is 1. The van der Waals surface area contributed by atoms with Gasteiger partial charge in [-0.3, -0.25) is 4.79 Å². The quantitative estimate of drug-likeness (QED) is 0.454. The van der Waals surface area contributed by atoms with Crippen molar-refractivity contribution in [2.75, 3.05) is 33.9 Å². The Hall–Kier alpha value is -3.47. The lowest BCUT2D eigenvalue weighted by Crippen LogP contribution is -2.50. The Morgan fingerprint density at radius 2 is 1.87 bits per heavy atom. The molecule has 0 saturated heterocycles. The summed E-state index contributed by atoms with van der Waals surface area (Å²) in [5.41, 5.74) is 3.04. The van der Waals surface area contributed by atoms with E-state index in [-0.39, 0.29) is 53.6 Å². The fraction of sp³-hybridized carbons (Fsp3) is 0.379. The number of carbonyl (C=O) groups excluding carboxylic acids is 1. The number of hydrogen-bond acceptors (Lipinski definition) is 7. The summed E-state index contributed by atoms with van der Waals surface area (Å²) >= 11 is 0. The van der Waals surface area contributed by atoms with Crippen molar-refractivity contribution in [1.82, 2.24) is 14.2 Å². The zero-order chi connectivity index (χ0) is 28.3. The number of rotatable bonds is 8. The van der Waals surface area contributed by atoms with Crippen LogP contribution in [0.4, 0.5) is 0 Å². The third-order valence-electron chi connectivity index (χ3n) is 7.10. The number of carbonyl (C=O) groups is 1. The smallest absolute Gasteiger partial charge is 0.259 e. The monoisotopic (exact) mass is 553 g/mol. The van der Waals surface area contributed by atoms with Crippen LogP contribution in [-0.2, 0) is 10.0 Å². The van der Waals surface area contributed by atoms with Gasteiger partial charge in [-0.25, -0.2) is 13.4 Å². The number of amides is 1. The number of fused-ring (bicyclic) bond motifs is 1. The molecule has 2 aromatic carbocycles. The van der Waals surface area contributed by atoms with Crippen molar-refractivity contribution in [3.8, 4) is 22.8 Å². The average molecular weight is 554 g/mol. The summed E-state index contributed by atoms with van der Waals surface area (Å²) in [7, 11) is -0.990. The zero-order valence-electron chi connectivity index (χ0n) is 22.9. The number of nitrogens with zero attached hydrogens (tertiary/aromatic N) is 3. The van der Waals surface area contributed by atoms with Crippen molar-refractivity contribution in [1.29, 1.82) is 0 Å². The third kappa shape index (κ3) is 5.93. The van der Waals surface area contributed by atoms with Crippen molar-refractivity contribution < 1.29 is 27.8 Å². The van der Waals surface area contributed by atoms with Crippen molar-refractivity contribution in [3.05, 3.63) is 71.9 Å². The van der Waals surface area contributed by atoms with Gasteiger partial charge < -0.3 is 19.5 Å². The summed E-state index contributed by atoms with van der Waals surface area (Å²) in [5, 5.41) is 9.91. The number of para-hydroxylation sites is 1. The highest BCUT2D eigenvalue weighted by Crippen LogP contribution is 2.32. The molecule has 0 saturated carbocycles. The number of aryl methyl sites for hydroxylation is 1. The Kier molecular flexibility index (Phi) is 8.58. The number of benzene rings is 2. The van der Waals surface area contributed by atoms with Crippen LogP contribution in [-0.4, -0.2) is 79.6 Å². The topological polar surface area (TPSA) is 109 Å². The van der Waals surface area contributed by atoms with E-state index in [4.69, 9.17) is 9.47 Å². The molecule has 208 valence electrons. The molecular formula is C29H35N3O6S. The van der Waals surface area contributed by atoms with E-state index in [0.29, 0.717) is 0 Å². The van der Waals surface area contributed by atoms with Crippen LogP contribution >= 0.6 is 0 Å². The van der Waals surface area contributed by atoms with E-state index in [0.717, 1.165) is 16.7 Å². The van der Waals surface area contributed by atoms with Crippen molar-refractivity contribution >= 4 is 15.9 Å². The van der Waals surface area contributed by atoms with Crippen LogP contribution in [0.5, 0.6) is 11.6 Å². The summed E-state index contributed by atoms with van der Waals surface area (Å²) in [5.74, 6) is -0.191. The number of aromatic nitrogens is 1. The van der Waals surface area contributed by atoms with E-state index in [2.05, 4.69) is 4.98 Å². The molecule has 1 aromatic heterocycles. The summed E-state index contributed by atoms with van der Waals surface area (Å²) < 4.78 is 39.7. The highest BCUT2D eigenvalue weighted by Gasteiger charge is 2.36. The van der Waals surface area contributed by atoms with Crippen LogP contribution in [0.25, 0.3) is 11.1 Å². The Labute approximate surface area is 230 Å². The van der Waals surface area contributed by atoms with E-state index >= 15 is 0 Å². The molecule has 1 N–H and O–H groups in total. The number of likely N-dealkylation sites (N-methyl/N-ethyl adjacent to an activating group) is 1. The van der Waals surface area contributed by atoms with Crippen molar-refractivity contribution in [3.63, 3.8) is 0 Å². The molecule has 0 fully saturated rings. The number of aliphatic hydroxyl groups excluding tert-OH is 1. The van der Waals surface area contributed by atoms with E-state index in [9.17, 15) is 18.3 Å². The first-order chi connectivity index (χ1) is 18.6. The molecule has 1 aliphatic rings. The third-order valence-corrected chi connectivity index (χ3v) is 8.96. The number of hydrogen-bond donors (Lipinski definition) is 1. The van der Waals surface area contributed by atoms with Crippen LogP contribution in [0, 0.1) is 12.8 Å². The molecule has 0 bridgehead atoms. The average Bonchev–Trinajstić information content (AvgIpc) is 2.94. The fourth-order valence-corrected chi connectivity index (χ4v) is 5.91. The molecule has 0 unspecified atom stereocenters. The number of pyridine rings is 1. The van der Waals surface area contributed by atoms with Gasteiger partial charge in [-0.2, -0.15) is 4.31 Å². The minimum absolute atomic E-state index is 0.0118. The van der Waals surface area contributed by atoms with Crippen LogP contribution in [0.2, 0.25) is 0 Å². The summed E-state index contributed by atoms with van der Waals surface area (Å²) in [6, 6.07) is 15.6. The molecule has 1 amide bonds. The van der Waals surface area contributed by atoms with Crippen LogP contribution < -0.4 is 9.47 Å².